The molecule has 0 aliphatic carbocycles. The number of aliphatic carboxylic acids is 1. The lowest BCUT2D eigenvalue weighted by Crippen LogP contribution is -2.61. The fourth-order valence-electron chi connectivity index (χ4n) is 4.03. The van der Waals surface area contributed by atoms with Gasteiger partial charge in [0.05, 0.1) is 7.11 Å². The van der Waals surface area contributed by atoms with E-state index in [-0.39, 0.29) is 0 Å². The van der Waals surface area contributed by atoms with Gasteiger partial charge in [0.1, 0.15) is 11.3 Å². The van der Waals surface area contributed by atoms with Gasteiger partial charge in [-0.1, -0.05) is 39.3 Å². The average molecular weight is 418 g/mol. The molecule has 0 spiro atoms. The summed E-state index contributed by atoms with van der Waals surface area (Å²) >= 11 is 0. The highest BCUT2D eigenvalue weighted by Crippen LogP contribution is 2.35. The van der Waals surface area contributed by atoms with Crippen molar-refractivity contribution in [1.82, 2.24) is 4.90 Å². The lowest BCUT2D eigenvalue weighted by molar-refractivity contribution is -0.167. The number of amides is 1. The topological polar surface area (TPSA) is 83.9 Å². The van der Waals surface area contributed by atoms with Gasteiger partial charge >= 0.3 is 5.97 Å². The fourth-order valence-corrected chi connectivity index (χ4v) is 4.03. The first-order valence-electron chi connectivity index (χ1n) is 10.9. The maximum Gasteiger partial charge on any atom is 0.329 e. The van der Waals surface area contributed by atoms with Crippen molar-refractivity contribution in [3.05, 3.63) is 29.8 Å². The highest BCUT2D eigenvalue weighted by atomic mass is 16.5. The van der Waals surface area contributed by atoms with E-state index in [0.717, 1.165) is 37.0 Å². The predicted molar refractivity (Wildman–Crippen MR) is 116 cm³/mol. The molecule has 6 nitrogen and oxygen atoms in total. The molecule has 0 saturated carbocycles. The van der Waals surface area contributed by atoms with Crippen LogP contribution < -0.4 is 4.74 Å². The molecule has 6 heteroatoms. The zero-order valence-corrected chi connectivity index (χ0v) is 18.7. The van der Waals surface area contributed by atoms with Gasteiger partial charge < -0.3 is 14.7 Å². The molecule has 166 valence electrons. The molecular formula is C24H35NO5. The maximum atomic E-state index is 13.0. The van der Waals surface area contributed by atoms with Crippen LogP contribution in [0.3, 0.4) is 0 Å². The van der Waals surface area contributed by atoms with Crippen LogP contribution in [0, 0.1) is 5.41 Å². The highest BCUT2D eigenvalue weighted by Gasteiger charge is 2.50. The van der Waals surface area contributed by atoms with Crippen molar-refractivity contribution < 1.29 is 24.2 Å². The van der Waals surface area contributed by atoms with Gasteiger partial charge in [0.2, 0.25) is 5.78 Å². The van der Waals surface area contributed by atoms with Crippen LogP contribution in [-0.2, 0) is 20.8 Å². The minimum Gasteiger partial charge on any atom is -0.497 e. The van der Waals surface area contributed by atoms with E-state index in [1.165, 1.54) is 4.90 Å². The molecule has 30 heavy (non-hydrogen) atoms. The number of aryl methyl sites for hydroxylation is 1. The summed E-state index contributed by atoms with van der Waals surface area (Å²) in [5.41, 5.74) is -0.904. The molecule has 1 aromatic carbocycles. The fraction of sp³-hybridized carbons (Fsp3) is 0.625. The van der Waals surface area contributed by atoms with Crippen LogP contribution >= 0.6 is 0 Å². The van der Waals surface area contributed by atoms with Crippen LogP contribution in [0.4, 0.5) is 0 Å². The number of ether oxygens (including phenoxy) is 1. The molecule has 1 aromatic rings. The number of hydrogen-bond acceptors (Lipinski definition) is 4. The Hall–Kier alpha value is -2.37. The van der Waals surface area contributed by atoms with Gasteiger partial charge in [-0.05, 0) is 62.6 Å². The zero-order valence-electron chi connectivity index (χ0n) is 18.7. The Morgan fingerprint density at radius 3 is 2.37 bits per heavy atom. The third-order valence-corrected chi connectivity index (χ3v) is 6.54. The average Bonchev–Trinajstić information content (AvgIpc) is 2.76. The summed E-state index contributed by atoms with van der Waals surface area (Å²) in [6.45, 7) is 5.68. The summed E-state index contributed by atoms with van der Waals surface area (Å²) in [4.78, 5) is 39.5. The Morgan fingerprint density at radius 2 is 1.80 bits per heavy atom. The van der Waals surface area contributed by atoms with Crippen LogP contribution in [0.1, 0.15) is 71.3 Å². The highest BCUT2D eigenvalue weighted by molar-refractivity contribution is 6.38. The molecule has 1 unspecified atom stereocenters. The van der Waals surface area contributed by atoms with Gasteiger partial charge in [0.25, 0.3) is 5.91 Å². The number of carboxylic acid groups (broad SMARTS) is 1. The van der Waals surface area contributed by atoms with E-state index < -0.39 is 28.6 Å². The molecule has 0 bridgehead atoms. The molecule has 1 N–H and O–H groups in total. The predicted octanol–water partition coefficient (Wildman–Crippen LogP) is 4.25. The van der Waals surface area contributed by atoms with Crippen LogP contribution in [0.15, 0.2) is 24.3 Å². The summed E-state index contributed by atoms with van der Waals surface area (Å²) in [7, 11) is 1.63. The molecule has 1 amide bonds. The zero-order chi connectivity index (χ0) is 22.4. The van der Waals surface area contributed by atoms with Gasteiger partial charge in [-0.2, -0.15) is 0 Å². The maximum absolute atomic E-state index is 13.0. The Morgan fingerprint density at radius 1 is 1.13 bits per heavy atom. The second-order valence-corrected chi connectivity index (χ2v) is 8.87. The molecule has 0 radical (unpaired) electrons. The lowest BCUT2D eigenvalue weighted by Gasteiger charge is -2.44. The van der Waals surface area contributed by atoms with Gasteiger partial charge in [-0.15, -0.1) is 0 Å². The number of ketones is 1. The smallest absolute Gasteiger partial charge is 0.329 e. The van der Waals surface area contributed by atoms with Crippen molar-refractivity contribution in [2.45, 2.75) is 77.7 Å². The molecule has 1 saturated heterocycles. The third-order valence-electron chi connectivity index (χ3n) is 6.54. The number of methoxy groups -OCH3 is 1. The van der Waals surface area contributed by atoms with Crippen molar-refractivity contribution in [1.29, 1.82) is 0 Å². The van der Waals surface area contributed by atoms with Gasteiger partial charge in [-0.3, -0.25) is 9.59 Å². The Kier molecular flexibility index (Phi) is 8.04. The number of benzene rings is 1. The molecule has 1 aliphatic heterocycles. The number of rotatable bonds is 10. The number of likely N-dealkylation sites (tertiary alicyclic amines) is 1. The third kappa shape index (κ3) is 5.21. The first-order chi connectivity index (χ1) is 14.2. The minimum absolute atomic E-state index is 0.329. The summed E-state index contributed by atoms with van der Waals surface area (Å²) in [5.74, 6) is -1.32. The number of nitrogens with zero attached hydrogens (tertiary/aromatic N) is 1. The first-order valence-corrected chi connectivity index (χ1v) is 10.9. The second-order valence-electron chi connectivity index (χ2n) is 8.87. The molecule has 1 fully saturated rings. The van der Waals surface area contributed by atoms with Crippen molar-refractivity contribution in [2.24, 2.45) is 5.41 Å². The lowest BCUT2D eigenvalue weighted by atomic mass is 9.79. The first kappa shape index (κ1) is 23.9. The molecule has 1 aliphatic rings. The van der Waals surface area contributed by atoms with Crippen molar-refractivity contribution in [3.8, 4) is 5.75 Å². The van der Waals surface area contributed by atoms with Gasteiger partial charge in [0, 0.05) is 12.0 Å². The summed E-state index contributed by atoms with van der Waals surface area (Å²) in [5, 5.41) is 10.1. The van der Waals surface area contributed by atoms with E-state index in [1.54, 1.807) is 21.0 Å². The molecule has 1 heterocycles. The van der Waals surface area contributed by atoms with E-state index in [2.05, 4.69) is 0 Å². The normalized spacial score (nSPS) is 19.4. The number of Topliss-reactive ketones (excluding diaryl/α,β-unsaturated/α-hetero) is 1. The number of carbonyl (C=O) groups excluding carboxylic acids is 2. The summed E-state index contributed by atoms with van der Waals surface area (Å²) in [6, 6.07) is 7.84. The Bertz CT molecular complexity index is 755. The van der Waals surface area contributed by atoms with E-state index in [9.17, 15) is 19.5 Å². The number of piperidine rings is 1. The van der Waals surface area contributed by atoms with Crippen LogP contribution in [0.5, 0.6) is 5.75 Å². The molecule has 0 aromatic heterocycles. The standard InChI is InChI=1S/C24H35NO5/c1-5-23(2,3)20(26)21(27)25-17-9-8-16-24(25,22(28)29)15-7-6-10-18-11-13-19(30-4)14-12-18/h11-14H,5-10,15-17H2,1-4H3,(H,28,29). The summed E-state index contributed by atoms with van der Waals surface area (Å²) < 4.78 is 5.17. The van der Waals surface area contributed by atoms with Crippen LogP contribution in [0.2, 0.25) is 0 Å². The van der Waals surface area contributed by atoms with Crippen molar-refractivity contribution in [2.75, 3.05) is 13.7 Å². The van der Waals surface area contributed by atoms with E-state index >= 15 is 0 Å². The van der Waals surface area contributed by atoms with Gasteiger partial charge in [0.15, 0.2) is 0 Å². The van der Waals surface area contributed by atoms with E-state index in [4.69, 9.17) is 4.74 Å². The number of carboxylic acids is 1. The monoisotopic (exact) mass is 417 g/mol. The summed E-state index contributed by atoms with van der Waals surface area (Å²) in [6.07, 6.45) is 5.10. The van der Waals surface area contributed by atoms with Crippen molar-refractivity contribution in [3.63, 3.8) is 0 Å². The second kappa shape index (κ2) is 10.1. The van der Waals surface area contributed by atoms with Crippen molar-refractivity contribution >= 4 is 17.7 Å². The van der Waals surface area contributed by atoms with Crippen LogP contribution in [-0.4, -0.2) is 46.9 Å². The SMILES string of the molecule is CCC(C)(C)C(=O)C(=O)N1CCCCC1(CCCCc1ccc(OC)cc1)C(=O)O. The molecular weight excluding hydrogens is 382 g/mol. The van der Waals surface area contributed by atoms with Crippen LogP contribution in [0.25, 0.3) is 0 Å². The van der Waals surface area contributed by atoms with Gasteiger partial charge in [-0.25, -0.2) is 4.79 Å². The Balaban J connectivity index is 2.09. The number of hydrogen-bond donors (Lipinski definition) is 1. The van der Waals surface area contributed by atoms with E-state index in [1.807, 2.05) is 31.2 Å². The Labute approximate surface area is 179 Å². The number of unbranched alkanes of at least 4 members (excludes halogenated alkanes) is 1. The van der Waals surface area contributed by atoms with E-state index in [0.29, 0.717) is 32.2 Å². The molecule has 2 rings (SSSR count). The number of carbonyl (C=O) groups is 3. The minimum atomic E-state index is -1.28. The largest absolute Gasteiger partial charge is 0.497 e. The quantitative estimate of drug-likeness (QED) is 0.454. The molecule has 1 atom stereocenters.